The minimum Gasteiger partial charge on any atom is -0.467 e. The fraction of sp³-hybridized carbons (Fsp3) is 0.300. The molecule has 0 spiro atoms. The van der Waals surface area contributed by atoms with Crippen LogP contribution >= 0.6 is 11.3 Å². The molecule has 6 nitrogen and oxygen atoms in total. The number of hydrogen-bond donors (Lipinski definition) is 0. The molecule has 1 aliphatic rings. The average Bonchev–Trinajstić information content (AvgIpc) is 3.11. The van der Waals surface area contributed by atoms with Gasteiger partial charge in [-0.15, -0.1) is 0 Å². The van der Waals surface area contributed by atoms with Crippen LogP contribution in [0.25, 0.3) is 10.2 Å². The lowest BCUT2D eigenvalue weighted by Crippen LogP contribution is -2.41. The molecule has 0 N–H and O–H groups in total. The Bertz CT molecular complexity index is 1170. The molecule has 29 heavy (non-hydrogen) atoms. The van der Waals surface area contributed by atoms with Crippen molar-refractivity contribution in [2.24, 2.45) is 0 Å². The summed E-state index contributed by atoms with van der Waals surface area (Å²) < 4.78 is 43.9. The van der Waals surface area contributed by atoms with E-state index in [9.17, 15) is 17.6 Å². The molecule has 3 aromatic rings. The number of carbonyl (C=O) groups is 1. The van der Waals surface area contributed by atoms with Gasteiger partial charge in [0.15, 0.2) is 9.84 Å². The maximum absolute atomic E-state index is 13.8. The summed E-state index contributed by atoms with van der Waals surface area (Å²) in [6.45, 7) is 0.984. The van der Waals surface area contributed by atoms with Crippen molar-refractivity contribution in [3.8, 4) is 5.19 Å². The molecule has 0 unspecified atom stereocenters. The first-order chi connectivity index (χ1) is 13.8. The van der Waals surface area contributed by atoms with Gasteiger partial charge in [-0.2, -0.15) is 4.98 Å². The topological polar surface area (TPSA) is 76.6 Å². The van der Waals surface area contributed by atoms with Crippen LogP contribution < -0.4 is 4.74 Å². The molecule has 1 aliphatic heterocycles. The van der Waals surface area contributed by atoms with Crippen molar-refractivity contribution in [1.29, 1.82) is 0 Å². The first-order valence-corrected chi connectivity index (χ1v) is 11.8. The largest absolute Gasteiger partial charge is 0.467 e. The van der Waals surface area contributed by atoms with E-state index in [1.54, 1.807) is 29.2 Å². The third-order valence-electron chi connectivity index (χ3n) is 4.86. The molecule has 2 heterocycles. The quantitative estimate of drug-likeness (QED) is 0.628. The minimum absolute atomic E-state index is 0.106. The number of rotatable bonds is 4. The lowest BCUT2D eigenvalue weighted by Gasteiger charge is -2.31. The van der Waals surface area contributed by atoms with Crippen LogP contribution in [-0.4, -0.2) is 49.7 Å². The molecular weight excluding hydrogens is 415 g/mol. The second-order valence-electron chi connectivity index (χ2n) is 6.98. The van der Waals surface area contributed by atoms with Gasteiger partial charge < -0.3 is 9.64 Å². The fourth-order valence-corrected chi connectivity index (χ4v) is 4.87. The molecule has 2 aromatic carbocycles. The van der Waals surface area contributed by atoms with Crippen molar-refractivity contribution in [2.45, 2.75) is 23.8 Å². The van der Waals surface area contributed by atoms with Crippen molar-refractivity contribution in [3.63, 3.8) is 0 Å². The summed E-state index contributed by atoms with van der Waals surface area (Å²) in [7, 11) is -3.37. The van der Waals surface area contributed by atoms with Crippen molar-refractivity contribution in [2.75, 3.05) is 19.3 Å². The highest BCUT2D eigenvalue weighted by Crippen LogP contribution is 2.31. The molecule has 1 saturated heterocycles. The molecule has 1 amide bonds. The number of amides is 1. The van der Waals surface area contributed by atoms with Gasteiger partial charge in [0.25, 0.3) is 11.1 Å². The predicted octanol–water partition coefficient (Wildman–Crippen LogP) is 3.52. The van der Waals surface area contributed by atoms with Crippen molar-refractivity contribution < 1.29 is 22.3 Å². The monoisotopic (exact) mass is 434 g/mol. The molecule has 0 aliphatic carbocycles. The highest BCUT2D eigenvalue weighted by Gasteiger charge is 2.26. The van der Waals surface area contributed by atoms with Crippen LogP contribution in [0.4, 0.5) is 4.39 Å². The Morgan fingerprint density at radius 1 is 1.21 bits per heavy atom. The summed E-state index contributed by atoms with van der Waals surface area (Å²) in [4.78, 5) is 18.8. The number of thiazole rings is 1. The molecule has 1 fully saturated rings. The number of nitrogens with zero attached hydrogens (tertiary/aromatic N) is 2. The number of halogens is 1. The van der Waals surface area contributed by atoms with Gasteiger partial charge in [-0.1, -0.05) is 23.5 Å². The molecule has 1 aromatic heterocycles. The zero-order chi connectivity index (χ0) is 20.6. The smallest absolute Gasteiger partial charge is 0.274 e. The Hall–Kier alpha value is -2.52. The van der Waals surface area contributed by atoms with Crippen LogP contribution in [0.2, 0.25) is 0 Å². The Balaban J connectivity index is 1.40. The van der Waals surface area contributed by atoms with Crippen molar-refractivity contribution in [3.05, 3.63) is 53.8 Å². The van der Waals surface area contributed by atoms with E-state index in [0.29, 0.717) is 42.2 Å². The number of piperidine rings is 1. The van der Waals surface area contributed by atoms with E-state index in [2.05, 4.69) is 4.98 Å². The summed E-state index contributed by atoms with van der Waals surface area (Å²) in [5.74, 6) is -0.568. The van der Waals surface area contributed by atoms with Crippen LogP contribution in [0.3, 0.4) is 0 Å². The number of carbonyl (C=O) groups excluding carboxylic acids is 1. The number of likely N-dealkylation sites (tertiary alicyclic amines) is 1. The van der Waals surface area contributed by atoms with Crippen LogP contribution in [0.5, 0.6) is 5.19 Å². The Kier molecular flexibility index (Phi) is 5.26. The van der Waals surface area contributed by atoms with Gasteiger partial charge >= 0.3 is 0 Å². The number of benzene rings is 2. The van der Waals surface area contributed by atoms with Gasteiger partial charge in [-0.25, -0.2) is 12.8 Å². The van der Waals surface area contributed by atoms with Gasteiger partial charge in [0.1, 0.15) is 17.4 Å². The number of sulfone groups is 1. The maximum Gasteiger partial charge on any atom is 0.274 e. The Morgan fingerprint density at radius 3 is 2.62 bits per heavy atom. The van der Waals surface area contributed by atoms with E-state index in [0.717, 1.165) is 11.0 Å². The summed E-state index contributed by atoms with van der Waals surface area (Å²) in [6, 6.07) is 10.9. The van der Waals surface area contributed by atoms with Crippen LogP contribution in [-0.2, 0) is 9.84 Å². The van der Waals surface area contributed by atoms with E-state index < -0.39 is 9.84 Å². The van der Waals surface area contributed by atoms with E-state index in [1.807, 2.05) is 0 Å². The second kappa shape index (κ2) is 7.72. The molecule has 152 valence electrons. The van der Waals surface area contributed by atoms with E-state index in [-0.39, 0.29) is 22.7 Å². The van der Waals surface area contributed by atoms with Gasteiger partial charge in [0.2, 0.25) is 0 Å². The average molecular weight is 435 g/mol. The molecule has 0 bridgehead atoms. The zero-order valence-electron chi connectivity index (χ0n) is 15.7. The number of aromatic nitrogens is 1. The molecule has 4 rings (SSSR count). The Labute approximate surface area is 171 Å². The molecule has 0 radical (unpaired) electrons. The number of fused-ring (bicyclic) bond motifs is 1. The van der Waals surface area contributed by atoms with Gasteiger partial charge in [-0.05, 0) is 30.3 Å². The summed E-state index contributed by atoms with van der Waals surface area (Å²) in [5.41, 5.74) is 0.666. The molecule has 9 heteroatoms. The normalized spacial score (nSPS) is 15.6. The fourth-order valence-electron chi connectivity index (χ4n) is 3.31. The van der Waals surface area contributed by atoms with Gasteiger partial charge in [-0.3, -0.25) is 4.79 Å². The van der Waals surface area contributed by atoms with Crippen molar-refractivity contribution >= 4 is 37.3 Å². The van der Waals surface area contributed by atoms with Crippen LogP contribution in [0.15, 0.2) is 47.4 Å². The van der Waals surface area contributed by atoms with Crippen molar-refractivity contribution in [1.82, 2.24) is 9.88 Å². The maximum atomic E-state index is 13.8. The highest BCUT2D eigenvalue weighted by molar-refractivity contribution is 7.90. The standard InChI is InChI=1S/C20H19FN2O4S2/c1-29(25,26)15-5-2-4-13(12-15)19(24)23-10-8-14(9-11-23)27-20-22-18-16(21)6-3-7-17(18)28-20/h2-7,12,14H,8-11H2,1H3. The van der Waals surface area contributed by atoms with E-state index in [4.69, 9.17) is 4.74 Å². The number of ether oxygens (including phenoxy) is 1. The SMILES string of the molecule is CS(=O)(=O)c1cccc(C(=O)N2CCC(Oc3nc4c(F)cccc4s3)CC2)c1. The van der Waals surface area contributed by atoms with Gasteiger partial charge in [0.05, 0.1) is 9.60 Å². The number of hydrogen-bond acceptors (Lipinski definition) is 6. The predicted molar refractivity (Wildman–Crippen MR) is 109 cm³/mol. The first kappa shape index (κ1) is 19.8. The zero-order valence-corrected chi connectivity index (χ0v) is 17.3. The summed E-state index contributed by atoms with van der Waals surface area (Å²) in [5, 5.41) is 0.427. The van der Waals surface area contributed by atoms with Gasteiger partial charge in [0, 0.05) is 37.8 Å². The molecular formula is C20H19FN2O4S2. The lowest BCUT2D eigenvalue weighted by molar-refractivity contribution is 0.0595. The second-order valence-corrected chi connectivity index (χ2v) is 9.98. The third-order valence-corrected chi connectivity index (χ3v) is 6.88. The van der Waals surface area contributed by atoms with E-state index >= 15 is 0 Å². The van der Waals surface area contributed by atoms with E-state index in [1.165, 1.54) is 29.5 Å². The molecule has 0 atom stereocenters. The first-order valence-electron chi connectivity index (χ1n) is 9.12. The highest BCUT2D eigenvalue weighted by atomic mass is 32.2. The number of para-hydroxylation sites is 1. The molecule has 0 saturated carbocycles. The van der Waals surface area contributed by atoms with Crippen LogP contribution in [0.1, 0.15) is 23.2 Å². The lowest BCUT2D eigenvalue weighted by atomic mass is 10.1. The summed E-state index contributed by atoms with van der Waals surface area (Å²) >= 11 is 1.30. The Morgan fingerprint density at radius 2 is 1.93 bits per heavy atom. The third kappa shape index (κ3) is 4.25. The summed E-state index contributed by atoms with van der Waals surface area (Å²) in [6.07, 6.45) is 2.25. The minimum atomic E-state index is -3.37. The van der Waals surface area contributed by atoms with Crippen LogP contribution in [0, 0.1) is 5.82 Å².